The number of hydrazone groups is 1. The molecule has 0 heterocycles. The first-order valence-electron chi connectivity index (χ1n) is 7.47. The van der Waals surface area contributed by atoms with Crippen LogP contribution in [0.25, 0.3) is 0 Å². The summed E-state index contributed by atoms with van der Waals surface area (Å²) in [4.78, 5) is 23.2. The molecule has 0 atom stereocenters. The molecule has 0 saturated heterocycles. The lowest BCUT2D eigenvalue weighted by atomic mass is 10.1. The van der Waals surface area contributed by atoms with Crippen molar-refractivity contribution < 1.29 is 23.5 Å². The standard InChI is InChI=1S/C18H13BrFN3O4/c1-26-17(24)10-27-16-5-3-13(19)7-12(16)9-22-23-18(25)14-4-2-11(8-21)6-15(14)20/h2-7,9H,10H2,1H3,(H,23,25)/b22-9-. The smallest absolute Gasteiger partial charge is 0.343 e. The molecule has 138 valence electrons. The van der Waals surface area contributed by atoms with Crippen LogP contribution in [0.5, 0.6) is 5.75 Å². The maximum atomic E-state index is 13.8. The molecule has 0 fully saturated rings. The largest absolute Gasteiger partial charge is 0.481 e. The van der Waals surface area contributed by atoms with E-state index in [2.05, 4.69) is 31.2 Å². The minimum atomic E-state index is -0.827. The molecular weight excluding hydrogens is 421 g/mol. The van der Waals surface area contributed by atoms with Gasteiger partial charge in [-0.1, -0.05) is 15.9 Å². The predicted molar refractivity (Wildman–Crippen MR) is 97.8 cm³/mol. The molecule has 0 aliphatic heterocycles. The maximum absolute atomic E-state index is 13.8. The van der Waals surface area contributed by atoms with Gasteiger partial charge in [0.2, 0.25) is 0 Å². The highest BCUT2D eigenvalue weighted by Gasteiger charge is 2.12. The second-order valence-corrected chi connectivity index (χ2v) is 5.97. The van der Waals surface area contributed by atoms with Crippen LogP contribution in [0.3, 0.4) is 0 Å². The number of hydrogen-bond donors (Lipinski definition) is 1. The van der Waals surface area contributed by atoms with E-state index in [9.17, 15) is 14.0 Å². The number of hydrogen-bond acceptors (Lipinski definition) is 6. The minimum absolute atomic E-state index is 0.106. The Bertz CT molecular complexity index is 941. The predicted octanol–water partition coefficient (Wildman–Crippen LogP) is 2.78. The van der Waals surface area contributed by atoms with E-state index in [1.54, 1.807) is 24.3 Å². The van der Waals surface area contributed by atoms with Crippen LogP contribution in [0.2, 0.25) is 0 Å². The van der Waals surface area contributed by atoms with E-state index < -0.39 is 17.7 Å². The van der Waals surface area contributed by atoms with E-state index in [0.717, 1.165) is 10.5 Å². The Morgan fingerprint density at radius 2 is 2.11 bits per heavy atom. The van der Waals surface area contributed by atoms with Crippen molar-refractivity contribution in [2.75, 3.05) is 13.7 Å². The van der Waals surface area contributed by atoms with Gasteiger partial charge in [-0.05, 0) is 36.4 Å². The lowest BCUT2D eigenvalue weighted by Gasteiger charge is -2.08. The Balaban J connectivity index is 2.11. The van der Waals surface area contributed by atoms with Gasteiger partial charge in [-0.15, -0.1) is 0 Å². The summed E-state index contributed by atoms with van der Waals surface area (Å²) >= 11 is 3.30. The van der Waals surface area contributed by atoms with Gasteiger partial charge in [0.05, 0.1) is 30.5 Å². The van der Waals surface area contributed by atoms with Gasteiger partial charge in [-0.2, -0.15) is 10.4 Å². The molecular formula is C18H13BrFN3O4. The first-order valence-corrected chi connectivity index (χ1v) is 8.26. The highest BCUT2D eigenvalue weighted by molar-refractivity contribution is 9.10. The Labute approximate surface area is 162 Å². The number of ether oxygens (including phenoxy) is 2. The number of nitrogens with one attached hydrogen (secondary N) is 1. The van der Waals surface area contributed by atoms with Gasteiger partial charge in [0, 0.05) is 10.0 Å². The Kier molecular flexibility index (Phi) is 7.02. The summed E-state index contributed by atoms with van der Waals surface area (Å²) in [6.45, 7) is -0.290. The number of nitrogens with zero attached hydrogens (tertiary/aromatic N) is 2. The molecule has 0 saturated carbocycles. The average Bonchev–Trinajstić information content (AvgIpc) is 2.66. The highest BCUT2D eigenvalue weighted by atomic mass is 79.9. The highest BCUT2D eigenvalue weighted by Crippen LogP contribution is 2.22. The summed E-state index contributed by atoms with van der Waals surface area (Å²) in [5, 5.41) is 12.5. The normalized spacial score (nSPS) is 10.3. The van der Waals surface area contributed by atoms with Crippen molar-refractivity contribution >= 4 is 34.0 Å². The third-order valence-electron chi connectivity index (χ3n) is 3.26. The number of rotatable bonds is 6. The number of halogens is 2. The monoisotopic (exact) mass is 433 g/mol. The van der Waals surface area contributed by atoms with Crippen LogP contribution in [0.4, 0.5) is 4.39 Å². The Morgan fingerprint density at radius 3 is 2.78 bits per heavy atom. The van der Waals surface area contributed by atoms with E-state index in [-0.39, 0.29) is 17.7 Å². The maximum Gasteiger partial charge on any atom is 0.343 e. The average molecular weight is 434 g/mol. The summed E-state index contributed by atoms with van der Waals surface area (Å²) in [6, 6.07) is 10.2. The van der Waals surface area contributed by atoms with Crippen LogP contribution in [-0.2, 0) is 9.53 Å². The molecule has 1 amide bonds. The van der Waals surface area contributed by atoms with E-state index in [1.165, 1.54) is 25.5 Å². The van der Waals surface area contributed by atoms with Crippen molar-refractivity contribution in [1.82, 2.24) is 5.43 Å². The minimum Gasteiger partial charge on any atom is -0.481 e. The molecule has 0 radical (unpaired) electrons. The topological polar surface area (TPSA) is 101 Å². The van der Waals surface area contributed by atoms with Crippen LogP contribution in [0.1, 0.15) is 21.5 Å². The molecule has 0 spiro atoms. The van der Waals surface area contributed by atoms with Crippen molar-refractivity contribution in [2.24, 2.45) is 5.10 Å². The lowest BCUT2D eigenvalue weighted by Crippen LogP contribution is -2.19. The summed E-state index contributed by atoms with van der Waals surface area (Å²) in [5.41, 5.74) is 2.52. The molecule has 2 rings (SSSR count). The SMILES string of the molecule is COC(=O)COc1ccc(Br)cc1/C=N\NC(=O)c1ccc(C#N)cc1F. The van der Waals surface area contributed by atoms with Gasteiger partial charge < -0.3 is 9.47 Å². The number of amides is 1. The number of carbonyl (C=O) groups excluding carboxylic acids is 2. The Hall–Kier alpha value is -3.25. The third-order valence-corrected chi connectivity index (χ3v) is 3.75. The molecule has 7 nitrogen and oxygen atoms in total. The number of benzene rings is 2. The summed E-state index contributed by atoms with van der Waals surface area (Å²) in [7, 11) is 1.24. The molecule has 1 N–H and O–H groups in total. The summed E-state index contributed by atoms with van der Waals surface area (Å²) in [6.07, 6.45) is 1.29. The van der Waals surface area contributed by atoms with Crippen molar-refractivity contribution in [1.29, 1.82) is 5.26 Å². The van der Waals surface area contributed by atoms with Gasteiger partial charge in [0.1, 0.15) is 11.6 Å². The molecule has 9 heteroatoms. The lowest BCUT2D eigenvalue weighted by molar-refractivity contribution is -0.142. The second kappa shape index (κ2) is 9.45. The van der Waals surface area contributed by atoms with Crippen molar-refractivity contribution in [2.45, 2.75) is 0 Å². The van der Waals surface area contributed by atoms with E-state index in [0.29, 0.717) is 11.3 Å². The van der Waals surface area contributed by atoms with Crippen molar-refractivity contribution in [3.8, 4) is 11.8 Å². The number of esters is 1. The van der Waals surface area contributed by atoms with Crippen LogP contribution in [-0.4, -0.2) is 31.8 Å². The third kappa shape index (κ3) is 5.62. The molecule has 27 heavy (non-hydrogen) atoms. The zero-order valence-electron chi connectivity index (χ0n) is 14.0. The van der Waals surface area contributed by atoms with Crippen LogP contribution >= 0.6 is 15.9 Å². The molecule has 2 aromatic carbocycles. The number of nitriles is 1. The second-order valence-electron chi connectivity index (χ2n) is 5.05. The van der Waals surface area contributed by atoms with Gasteiger partial charge in [0.15, 0.2) is 6.61 Å². The van der Waals surface area contributed by atoms with Crippen LogP contribution in [0.15, 0.2) is 46.0 Å². The van der Waals surface area contributed by atoms with Gasteiger partial charge in [-0.25, -0.2) is 14.6 Å². The Morgan fingerprint density at radius 1 is 1.33 bits per heavy atom. The van der Waals surface area contributed by atoms with E-state index >= 15 is 0 Å². The first-order chi connectivity index (χ1) is 12.9. The molecule has 0 aromatic heterocycles. The van der Waals surface area contributed by atoms with Crippen molar-refractivity contribution in [3.63, 3.8) is 0 Å². The van der Waals surface area contributed by atoms with Gasteiger partial charge in [-0.3, -0.25) is 4.79 Å². The van der Waals surface area contributed by atoms with Crippen molar-refractivity contribution in [3.05, 3.63) is 63.4 Å². The molecule has 0 bridgehead atoms. The van der Waals surface area contributed by atoms with Gasteiger partial charge in [0.25, 0.3) is 5.91 Å². The van der Waals surface area contributed by atoms with E-state index in [1.807, 2.05) is 0 Å². The molecule has 2 aromatic rings. The molecule has 0 unspecified atom stereocenters. The quantitative estimate of drug-likeness (QED) is 0.428. The fraction of sp³-hybridized carbons (Fsp3) is 0.111. The zero-order chi connectivity index (χ0) is 19.8. The molecule has 0 aliphatic rings. The van der Waals surface area contributed by atoms with E-state index in [4.69, 9.17) is 10.00 Å². The number of carbonyl (C=O) groups is 2. The van der Waals surface area contributed by atoms with Crippen LogP contribution in [0, 0.1) is 17.1 Å². The zero-order valence-corrected chi connectivity index (χ0v) is 15.6. The summed E-state index contributed by atoms with van der Waals surface area (Å²) in [5.74, 6) is -1.82. The molecule has 0 aliphatic carbocycles. The number of methoxy groups -OCH3 is 1. The van der Waals surface area contributed by atoms with Gasteiger partial charge >= 0.3 is 5.97 Å². The first kappa shape index (κ1) is 20.1. The fourth-order valence-corrected chi connectivity index (χ4v) is 2.32. The van der Waals surface area contributed by atoms with Crippen LogP contribution < -0.4 is 10.2 Å². The summed E-state index contributed by atoms with van der Waals surface area (Å²) < 4.78 is 24.4. The fourth-order valence-electron chi connectivity index (χ4n) is 1.94.